The standard InChI is InChI=1S/C16H28O6/c1-21-15-4-8(2-3-11(15)18)16-13(20)7-10-12(19)5-9(17)6-14(10)22-16/h8-20H,2-7H2,1H3. The van der Waals surface area contributed by atoms with Crippen molar-refractivity contribution in [1.29, 1.82) is 0 Å². The fourth-order valence-corrected chi connectivity index (χ4v) is 4.53. The van der Waals surface area contributed by atoms with Gasteiger partial charge in [0.05, 0.1) is 42.7 Å². The van der Waals surface area contributed by atoms with E-state index in [2.05, 4.69) is 0 Å². The zero-order chi connectivity index (χ0) is 15.9. The van der Waals surface area contributed by atoms with Crippen LogP contribution in [0, 0.1) is 11.8 Å². The van der Waals surface area contributed by atoms with E-state index in [0.717, 1.165) is 6.42 Å². The van der Waals surface area contributed by atoms with Crippen LogP contribution in [-0.4, -0.2) is 70.3 Å². The van der Waals surface area contributed by atoms with Crippen LogP contribution < -0.4 is 0 Å². The lowest BCUT2D eigenvalue weighted by Gasteiger charge is -2.48. The first-order valence-corrected chi connectivity index (χ1v) is 8.40. The molecule has 1 heterocycles. The topological polar surface area (TPSA) is 99.4 Å². The molecule has 2 aliphatic carbocycles. The van der Waals surface area contributed by atoms with Gasteiger partial charge in [0.25, 0.3) is 0 Å². The SMILES string of the molecule is COC1CC(C2OC3CC(O)CC(O)C3CC2O)CCC1O. The van der Waals surface area contributed by atoms with E-state index in [0.29, 0.717) is 32.1 Å². The van der Waals surface area contributed by atoms with E-state index in [1.54, 1.807) is 7.11 Å². The number of fused-ring (bicyclic) bond motifs is 1. The number of rotatable bonds is 2. The fourth-order valence-electron chi connectivity index (χ4n) is 4.53. The van der Waals surface area contributed by atoms with Crippen LogP contribution >= 0.6 is 0 Å². The van der Waals surface area contributed by atoms with Crippen LogP contribution in [0.2, 0.25) is 0 Å². The average Bonchev–Trinajstić information content (AvgIpc) is 2.48. The normalized spacial score (nSPS) is 53.0. The van der Waals surface area contributed by atoms with E-state index in [9.17, 15) is 20.4 Å². The molecule has 3 fully saturated rings. The largest absolute Gasteiger partial charge is 0.393 e. The zero-order valence-electron chi connectivity index (χ0n) is 13.0. The first-order chi connectivity index (χ1) is 10.5. The van der Waals surface area contributed by atoms with Crippen molar-refractivity contribution in [2.24, 2.45) is 11.8 Å². The molecule has 6 nitrogen and oxygen atoms in total. The minimum atomic E-state index is -0.608. The molecule has 3 rings (SSSR count). The molecule has 9 unspecified atom stereocenters. The number of aliphatic hydroxyl groups is 4. The molecule has 9 atom stereocenters. The third-order valence-corrected chi connectivity index (χ3v) is 5.78. The number of methoxy groups -OCH3 is 1. The molecule has 0 spiro atoms. The smallest absolute Gasteiger partial charge is 0.0867 e. The summed E-state index contributed by atoms with van der Waals surface area (Å²) in [5, 5.41) is 40.3. The van der Waals surface area contributed by atoms with Crippen molar-refractivity contribution < 1.29 is 29.9 Å². The van der Waals surface area contributed by atoms with Gasteiger partial charge in [0, 0.05) is 13.0 Å². The minimum absolute atomic E-state index is 0.0953. The molecular formula is C16H28O6. The zero-order valence-corrected chi connectivity index (χ0v) is 13.0. The quantitative estimate of drug-likeness (QED) is 0.564. The number of hydrogen-bond acceptors (Lipinski definition) is 6. The molecule has 0 aromatic rings. The summed E-state index contributed by atoms with van der Waals surface area (Å²) in [5.41, 5.74) is 0. The molecule has 128 valence electrons. The summed E-state index contributed by atoms with van der Waals surface area (Å²) >= 11 is 0. The highest BCUT2D eigenvalue weighted by atomic mass is 16.5. The maximum atomic E-state index is 10.5. The summed E-state index contributed by atoms with van der Waals surface area (Å²) in [4.78, 5) is 0. The van der Waals surface area contributed by atoms with Crippen molar-refractivity contribution in [2.75, 3.05) is 7.11 Å². The highest BCUT2D eigenvalue weighted by Crippen LogP contribution is 2.41. The van der Waals surface area contributed by atoms with Crippen molar-refractivity contribution in [1.82, 2.24) is 0 Å². The Morgan fingerprint density at radius 2 is 1.64 bits per heavy atom. The van der Waals surface area contributed by atoms with Gasteiger partial charge < -0.3 is 29.9 Å². The fraction of sp³-hybridized carbons (Fsp3) is 1.00. The molecule has 0 aromatic heterocycles. The maximum Gasteiger partial charge on any atom is 0.0867 e. The van der Waals surface area contributed by atoms with Gasteiger partial charge in [-0.05, 0) is 44.4 Å². The second kappa shape index (κ2) is 6.71. The number of aliphatic hydroxyl groups excluding tert-OH is 4. The monoisotopic (exact) mass is 316 g/mol. The predicted octanol–water partition coefficient (Wildman–Crippen LogP) is -0.187. The van der Waals surface area contributed by atoms with Crippen LogP contribution in [0.4, 0.5) is 0 Å². The van der Waals surface area contributed by atoms with Crippen LogP contribution in [0.3, 0.4) is 0 Å². The Kier molecular flexibility index (Phi) is 5.07. The third kappa shape index (κ3) is 3.18. The summed E-state index contributed by atoms with van der Waals surface area (Å²) in [5.74, 6) is 0.0440. The van der Waals surface area contributed by atoms with Crippen molar-refractivity contribution in [3.63, 3.8) is 0 Å². The first kappa shape index (κ1) is 16.6. The highest BCUT2D eigenvalue weighted by molar-refractivity contribution is 4.97. The van der Waals surface area contributed by atoms with Gasteiger partial charge in [-0.25, -0.2) is 0 Å². The molecule has 0 radical (unpaired) electrons. The molecule has 2 saturated carbocycles. The van der Waals surface area contributed by atoms with Gasteiger partial charge in [0.2, 0.25) is 0 Å². The molecule has 0 aromatic carbocycles. The van der Waals surface area contributed by atoms with Crippen molar-refractivity contribution in [3.8, 4) is 0 Å². The molecule has 6 heteroatoms. The number of ether oxygens (including phenoxy) is 2. The Morgan fingerprint density at radius 1 is 0.864 bits per heavy atom. The van der Waals surface area contributed by atoms with Crippen molar-refractivity contribution in [2.45, 2.75) is 81.3 Å². The lowest BCUT2D eigenvalue weighted by atomic mass is 9.72. The Hall–Kier alpha value is -0.240. The Balaban J connectivity index is 1.67. The van der Waals surface area contributed by atoms with Gasteiger partial charge >= 0.3 is 0 Å². The lowest BCUT2D eigenvalue weighted by Crippen LogP contribution is -2.55. The van der Waals surface area contributed by atoms with Crippen molar-refractivity contribution in [3.05, 3.63) is 0 Å². The van der Waals surface area contributed by atoms with Gasteiger partial charge in [0.1, 0.15) is 0 Å². The van der Waals surface area contributed by atoms with Gasteiger partial charge in [0.15, 0.2) is 0 Å². The third-order valence-electron chi connectivity index (χ3n) is 5.78. The molecule has 1 saturated heterocycles. The molecular weight excluding hydrogens is 288 g/mol. The van der Waals surface area contributed by atoms with Crippen LogP contribution in [0.25, 0.3) is 0 Å². The molecule has 3 aliphatic rings. The van der Waals surface area contributed by atoms with E-state index < -0.39 is 24.4 Å². The highest BCUT2D eigenvalue weighted by Gasteiger charge is 2.47. The Bertz CT molecular complexity index is 378. The molecule has 0 bridgehead atoms. The van der Waals surface area contributed by atoms with E-state index in [1.165, 1.54) is 0 Å². The Labute approximate surface area is 131 Å². The first-order valence-electron chi connectivity index (χ1n) is 8.40. The van der Waals surface area contributed by atoms with Crippen LogP contribution in [-0.2, 0) is 9.47 Å². The van der Waals surface area contributed by atoms with Gasteiger partial charge in [-0.1, -0.05) is 0 Å². The van der Waals surface area contributed by atoms with E-state index in [4.69, 9.17) is 9.47 Å². The van der Waals surface area contributed by atoms with E-state index >= 15 is 0 Å². The molecule has 22 heavy (non-hydrogen) atoms. The summed E-state index contributed by atoms with van der Waals surface area (Å²) in [6.45, 7) is 0. The second-order valence-electron chi connectivity index (χ2n) is 7.21. The second-order valence-corrected chi connectivity index (χ2v) is 7.21. The Morgan fingerprint density at radius 3 is 2.36 bits per heavy atom. The van der Waals surface area contributed by atoms with E-state index in [1.807, 2.05) is 0 Å². The summed E-state index contributed by atoms with van der Waals surface area (Å²) in [6.07, 6.45) is 0.603. The lowest BCUT2D eigenvalue weighted by molar-refractivity contribution is -0.216. The van der Waals surface area contributed by atoms with Crippen molar-refractivity contribution >= 4 is 0 Å². The maximum absolute atomic E-state index is 10.5. The van der Waals surface area contributed by atoms with Gasteiger partial charge in [-0.2, -0.15) is 0 Å². The van der Waals surface area contributed by atoms with Gasteiger partial charge in [-0.3, -0.25) is 0 Å². The predicted molar refractivity (Wildman–Crippen MR) is 78.2 cm³/mol. The van der Waals surface area contributed by atoms with Crippen LogP contribution in [0.1, 0.15) is 38.5 Å². The minimum Gasteiger partial charge on any atom is -0.393 e. The molecule has 4 N–H and O–H groups in total. The van der Waals surface area contributed by atoms with Gasteiger partial charge in [-0.15, -0.1) is 0 Å². The molecule has 1 aliphatic heterocycles. The molecule has 0 amide bonds. The average molecular weight is 316 g/mol. The van der Waals surface area contributed by atoms with Crippen LogP contribution in [0.5, 0.6) is 0 Å². The van der Waals surface area contributed by atoms with Crippen LogP contribution in [0.15, 0.2) is 0 Å². The number of hydrogen-bond donors (Lipinski definition) is 4. The van der Waals surface area contributed by atoms with E-state index in [-0.39, 0.29) is 30.1 Å². The summed E-state index contributed by atoms with van der Waals surface area (Å²) < 4.78 is 11.4. The summed E-state index contributed by atoms with van der Waals surface area (Å²) in [7, 11) is 1.60. The summed E-state index contributed by atoms with van der Waals surface area (Å²) in [6, 6.07) is 0.